The van der Waals surface area contributed by atoms with Crippen LogP contribution in [0.4, 0.5) is 17.3 Å². The third kappa shape index (κ3) is 4.38. The third-order valence-electron chi connectivity index (χ3n) is 4.40. The van der Waals surface area contributed by atoms with Gasteiger partial charge in [-0.15, -0.1) is 0 Å². The minimum atomic E-state index is 0.462. The molecule has 0 saturated carbocycles. The van der Waals surface area contributed by atoms with E-state index in [0.29, 0.717) is 23.2 Å². The predicted molar refractivity (Wildman–Crippen MR) is 117 cm³/mol. The number of nitrogens with one attached hydrogen (secondary N) is 1. The number of benzene rings is 2. The number of hydrogen-bond donors (Lipinski definition) is 1. The number of halogens is 1. The fourth-order valence-corrected chi connectivity index (χ4v) is 3.09. The summed E-state index contributed by atoms with van der Waals surface area (Å²) in [5.41, 5.74) is 2.66. The predicted octanol–water partition coefficient (Wildman–Crippen LogP) is 5.07. The van der Waals surface area contributed by atoms with Gasteiger partial charge < -0.3 is 15.0 Å². The van der Waals surface area contributed by atoms with Crippen LogP contribution < -0.4 is 15.0 Å². The molecule has 2 heterocycles. The largest absolute Gasteiger partial charge is 0.487 e. The molecule has 146 valence electrons. The third-order valence-corrected chi connectivity index (χ3v) is 4.69. The van der Waals surface area contributed by atoms with Crippen molar-refractivity contribution in [1.82, 2.24) is 15.0 Å². The van der Waals surface area contributed by atoms with E-state index >= 15 is 0 Å². The Morgan fingerprint density at radius 3 is 2.59 bits per heavy atom. The summed E-state index contributed by atoms with van der Waals surface area (Å²) in [5, 5.41) is 4.73. The maximum Gasteiger partial charge on any atom is 0.141 e. The van der Waals surface area contributed by atoms with Gasteiger partial charge in [-0.3, -0.25) is 0 Å². The number of aromatic nitrogens is 3. The normalized spacial score (nSPS) is 10.7. The van der Waals surface area contributed by atoms with E-state index in [1.54, 1.807) is 6.20 Å². The second kappa shape index (κ2) is 8.32. The SMILES string of the molecule is CN(C)c1cc2c(Nc3ccc(OCc4ccccc4)c(Cl)c3)ncnc2cn1. The van der Waals surface area contributed by atoms with Crippen LogP contribution in [0.5, 0.6) is 5.75 Å². The van der Waals surface area contributed by atoms with Crippen LogP contribution in [0.15, 0.2) is 67.1 Å². The van der Waals surface area contributed by atoms with E-state index in [9.17, 15) is 0 Å². The fraction of sp³-hybridized carbons (Fsp3) is 0.136. The lowest BCUT2D eigenvalue weighted by Gasteiger charge is -2.14. The van der Waals surface area contributed by atoms with Crippen molar-refractivity contribution in [2.45, 2.75) is 6.61 Å². The molecule has 0 radical (unpaired) electrons. The van der Waals surface area contributed by atoms with Crippen molar-refractivity contribution in [3.05, 3.63) is 77.7 Å². The Kier molecular flexibility index (Phi) is 5.44. The number of anilines is 3. The summed E-state index contributed by atoms with van der Waals surface area (Å²) in [7, 11) is 3.89. The molecule has 0 bridgehead atoms. The molecule has 0 atom stereocenters. The Morgan fingerprint density at radius 2 is 1.83 bits per heavy atom. The van der Waals surface area contributed by atoms with Gasteiger partial charge in [-0.05, 0) is 29.8 Å². The van der Waals surface area contributed by atoms with Crippen LogP contribution >= 0.6 is 11.6 Å². The van der Waals surface area contributed by atoms with Gasteiger partial charge in [-0.1, -0.05) is 41.9 Å². The smallest absolute Gasteiger partial charge is 0.141 e. The topological polar surface area (TPSA) is 63.2 Å². The van der Waals surface area contributed by atoms with E-state index < -0.39 is 0 Å². The van der Waals surface area contributed by atoms with Gasteiger partial charge in [0.1, 0.15) is 30.3 Å². The fourth-order valence-electron chi connectivity index (χ4n) is 2.86. The van der Waals surface area contributed by atoms with E-state index in [-0.39, 0.29) is 0 Å². The van der Waals surface area contributed by atoms with Gasteiger partial charge in [-0.25, -0.2) is 15.0 Å². The van der Waals surface area contributed by atoms with E-state index in [1.807, 2.05) is 73.6 Å². The van der Waals surface area contributed by atoms with Gasteiger partial charge in [0.05, 0.1) is 16.7 Å². The van der Waals surface area contributed by atoms with E-state index in [2.05, 4.69) is 20.3 Å². The molecule has 4 rings (SSSR count). The van der Waals surface area contributed by atoms with Crippen molar-refractivity contribution >= 4 is 39.8 Å². The number of fused-ring (bicyclic) bond motifs is 1. The van der Waals surface area contributed by atoms with Gasteiger partial charge >= 0.3 is 0 Å². The second-order valence-corrected chi connectivity index (χ2v) is 7.13. The molecule has 4 aromatic rings. The summed E-state index contributed by atoms with van der Waals surface area (Å²) in [6.07, 6.45) is 3.26. The lowest BCUT2D eigenvalue weighted by Crippen LogP contribution is -2.10. The highest BCUT2D eigenvalue weighted by Crippen LogP contribution is 2.31. The first kappa shape index (κ1) is 19.0. The molecule has 6 nitrogen and oxygen atoms in total. The summed E-state index contributed by atoms with van der Waals surface area (Å²) < 4.78 is 5.84. The maximum atomic E-state index is 6.43. The maximum absolute atomic E-state index is 6.43. The standard InChI is InChI=1S/C22H20ClN5O/c1-28(2)21-11-17-19(12-24-21)25-14-26-22(17)27-16-8-9-20(18(23)10-16)29-13-15-6-4-3-5-7-15/h3-12,14H,13H2,1-2H3,(H,25,26,27). The first-order valence-corrected chi connectivity index (χ1v) is 9.49. The van der Waals surface area contributed by atoms with Crippen LogP contribution in [0.25, 0.3) is 10.9 Å². The lowest BCUT2D eigenvalue weighted by atomic mass is 10.2. The van der Waals surface area contributed by atoms with Crippen molar-refractivity contribution in [3.63, 3.8) is 0 Å². The zero-order valence-electron chi connectivity index (χ0n) is 16.1. The molecule has 0 unspecified atom stereocenters. The highest BCUT2D eigenvalue weighted by molar-refractivity contribution is 6.32. The molecule has 0 amide bonds. The monoisotopic (exact) mass is 405 g/mol. The van der Waals surface area contributed by atoms with Crippen molar-refractivity contribution in [2.24, 2.45) is 0 Å². The molecule has 0 aliphatic carbocycles. The summed E-state index contributed by atoms with van der Waals surface area (Å²) in [6.45, 7) is 0.462. The van der Waals surface area contributed by atoms with Crippen LogP contribution in [-0.2, 0) is 6.61 Å². The van der Waals surface area contributed by atoms with Gasteiger partial charge in [0, 0.05) is 25.2 Å². The number of rotatable bonds is 6. The molecule has 0 fully saturated rings. The Balaban J connectivity index is 1.55. The highest BCUT2D eigenvalue weighted by atomic mass is 35.5. The quantitative estimate of drug-likeness (QED) is 0.483. The number of ether oxygens (including phenoxy) is 1. The number of hydrogen-bond acceptors (Lipinski definition) is 6. The van der Waals surface area contributed by atoms with Crippen molar-refractivity contribution in [2.75, 3.05) is 24.3 Å². The number of pyridine rings is 1. The van der Waals surface area contributed by atoms with Crippen LogP contribution in [0.2, 0.25) is 5.02 Å². The van der Waals surface area contributed by atoms with Crippen LogP contribution in [0.3, 0.4) is 0 Å². The highest BCUT2D eigenvalue weighted by Gasteiger charge is 2.09. The van der Waals surface area contributed by atoms with Gasteiger partial charge in [0.2, 0.25) is 0 Å². The molecule has 0 spiro atoms. The van der Waals surface area contributed by atoms with Gasteiger partial charge in [0.15, 0.2) is 0 Å². The molecule has 29 heavy (non-hydrogen) atoms. The van der Waals surface area contributed by atoms with E-state index in [0.717, 1.165) is 28.0 Å². The van der Waals surface area contributed by atoms with Crippen LogP contribution in [0, 0.1) is 0 Å². The minimum Gasteiger partial charge on any atom is -0.487 e. The van der Waals surface area contributed by atoms with Gasteiger partial charge in [-0.2, -0.15) is 0 Å². The summed E-state index contributed by atoms with van der Waals surface area (Å²) in [4.78, 5) is 15.0. The van der Waals surface area contributed by atoms with Crippen LogP contribution in [0.1, 0.15) is 5.56 Å². The zero-order valence-corrected chi connectivity index (χ0v) is 16.9. The van der Waals surface area contributed by atoms with E-state index in [4.69, 9.17) is 16.3 Å². The summed E-state index contributed by atoms with van der Waals surface area (Å²) in [5.74, 6) is 2.15. The Labute approximate surface area is 174 Å². The molecule has 7 heteroatoms. The van der Waals surface area contributed by atoms with E-state index in [1.165, 1.54) is 6.33 Å². The van der Waals surface area contributed by atoms with Crippen molar-refractivity contribution in [3.8, 4) is 5.75 Å². The molecule has 0 saturated heterocycles. The van der Waals surface area contributed by atoms with Crippen molar-refractivity contribution in [1.29, 1.82) is 0 Å². The molecular weight excluding hydrogens is 386 g/mol. The average molecular weight is 406 g/mol. The zero-order chi connectivity index (χ0) is 20.2. The van der Waals surface area contributed by atoms with Gasteiger partial charge in [0.25, 0.3) is 0 Å². The molecule has 0 aliphatic heterocycles. The first-order chi connectivity index (χ1) is 14.1. The first-order valence-electron chi connectivity index (χ1n) is 9.11. The Morgan fingerprint density at radius 1 is 1.00 bits per heavy atom. The average Bonchev–Trinajstić information content (AvgIpc) is 2.74. The second-order valence-electron chi connectivity index (χ2n) is 6.72. The Bertz CT molecular complexity index is 1130. The minimum absolute atomic E-state index is 0.462. The molecule has 0 aliphatic rings. The summed E-state index contributed by atoms with van der Waals surface area (Å²) in [6, 6.07) is 17.5. The molecule has 1 N–H and O–H groups in total. The summed E-state index contributed by atoms with van der Waals surface area (Å²) >= 11 is 6.43. The molecule has 2 aromatic heterocycles. The van der Waals surface area contributed by atoms with Crippen molar-refractivity contribution < 1.29 is 4.74 Å². The molecule has 2 aromatic carbocycles. The lowest BCUT2D eigenvalue weighted by molar-refractivity contribution is 0.306. The number of nitrogens with zero attached hydrogens (tertiary/aromatic N) is 4. The Hall–Kier alpha value is -3.38. The molecular formula is C22H20ClN5O. The van der Waals surface area contributed by atoms with Crippen LogP contribution in [-0.4, -0.2) is 29.0 Å².